The molecule has 2 aliphatic heterocycles. The molecule has 0 bridgehead atoms. The molecule has 2 saturated heterocycles. The van der Waals surface area contributed by atoms with Crippen LogP contribution in [0.5, 0.6) is 0 Å². The van der Waals surface area contributed by atoms with Gasteiger partial charge in [-0.1, -0.05) is 24.9 Å². The van der Waals surface area contributed by atoms with Crippen LogP contribution in [-0.4, -0.2) is 25.3 Å². The lowest BCUT2D eigenvalue weighted by molar-refractivity contribution is 0.258. The lowest BCUT2D eigenvalue weighted by Gasteiger charge is -2.32. The fraction of sp³-hybridized carbons (Fsp3) is 0.600. The average Bonchev–Trinajstić information content (AvgIpc) is 3.14. The molecule has 2 aliphatic rings. The summed E-state index contributed by atoms with van der Waals surface area (Å²) in [4.78, 5) is 2.12. The van der Waals surface area contributed by atoms with Crippen molar-refractivity contribution in [2.45, 2.75) is 38.2 Å². The molecule has 104 valence electrons. The second kappa shape index (κ2) is 4.95. The molecule has 3 rings (SSSR count). The van der Waals surface area contributed by atoms with Gasteiger partial charge in [0.25, 0.3) is 0 Å². The van der Waals surface area contributed by atoms with Crippen LogP contribution in [0.1, 0.15) is 31.7 Å². The van der Waals surface area contributed by atoms with Gasteiger partial charge in [0, 0.05) is 18.1 Å². The van der Waals surface area contributed by atoms with E-state index in [9.17, 15) is 4.39 Å². The SMILES string of the molecule is CCCc1cc(N2CCC3(CC2)CO3)c(F)cc1Cl. The van der Waals surface area contributed by atoms with Crippen molar-refractivity contribution in [3.8, 4) is 0 Å². The predicted molar refractivity (Wildman–Crippen MR) is 75.5 cm³/mol. The van der Waals surface area contributed by atoms with E-state index < -0.39 is 0 Å². The van der Waals surface area contributed by atoms with E-state index in [2.05, 4.69) is 11.8 Å². The quantitative estimate of drug-likeness (QED) is 0.784. The van der Waals surface area contributed by atoms with Gasteiger partial charge in [0.05, 0.1) is 17.9 Å². The van der Waals surface area contributed by atoms with Crippen LogP contribution in [-0.2, 0) is 11.2 Å². The van der Waals surface area contributed by atoms with Crippen LogP contribution in [0.2, 0.25) is 5.02 Å². The van der Waals surface area contributed by atoms with Crippen LogP contribution in [0, 0.1) is 5.82 Å². The predicted octanol–water partition coefficient (Wildman–Crippen LogP) is 3.80. The number of aryl methyl sites for hydroxylation is 1. The van der Waals surface area contributed by atoms with Gasteiger partial charge in [0.2, 0.25) is 0 Å². The molecule has 0 aliphatic carbocycles. The zero-order valence-electron chi connectivity index (χ0n) is 11.2. The Morgan fingerprint density at radius 2 is 2.05 bits per heavy atom. The standard InChI is InChI=1S/C15H19ClFNO/c1-2-3-11-8-14(13(17)9-12(11)16)18-6-4-15(5-7-18)10-19-15/h8-9H,2-7,10H2,1H3. The van der Waals surface area contributed by atoms with E-state index in [1.807, 2.05) is 6.07 Å². The fourth-order valence-electron chi connectivity index (χ4n) is 2.83. The first kappa shape index (κ1) is 13.2. The molecule has 2 fully saturated rings. The van der Waals surface area contributed by atoms with Crippen molar-refractivity contribution >= 4 is 17.3 Å². The molecular formula is C15H19ClFNO. The minimum Gasteiger partial charge on any atom is -0.369 e. The van der Waals surface area contributed by atoms with Gasteiger partial charge >= 0.3 is 0 Å². The maximum Gasteiger partial charge on any atom is 0.147 e. The average molecular weight is 284 g/mol. The normalized spacial score (nSPS) is 20.9. The second-order valence-corrected chi connectivity index (χ2v) is 6.01. The Balaban J connectivity index is 1.81. The Morgan fingerprint density at radius 3 is 2.63 bits per heavy atom. The van der Waals surface area contributed by atoms with Gasteiger partial charge in [-0.15, -0.1) is 0 Å². The van der Waals surface area contributed by atoms with Crippen molar-refractivity contribution < 1.29 is 9.13 Å². The molecule has 4 heteroatoms. The van der Waals surface area contributed by atoms with Gasteiger partial charge in [-0.25, -0.2) is 4.39 Å². The van der Waals surface area contributed by atoms with Crippen LogP contribution in [0.3, 0.4) is 0 Å². The monoisotopic (exact) mass is 283 g/mol. The third kappa shape index (κ3) is 2.59. The topological polar surface area (TPSA) is 15.8 Å². The van der Waals surface area contributed by atoms with Gasteiger partial charge < -0.3 is 9.64 Å². The molecule has 0 atom stereocenters. The maximum atomic E-state index is 14.1. The van der Waals surface area contributed by atoms with Crippen LogP contribution in [0.4, 0.5) is 10.1 Å². The number of hydrogen-bond donors (Lipinski definition) is 0. The Kier molecular flexibility index (Phi) is 3.44. The van der Waals surface area contributed by atoms with E-state index in [0.717, 1.165) is 50.9 Å². The summed E-state index contributed by atoms with van der Waals surface area (Å²) in [6.45, 7) is 4.72. The van der Waals surface area contributed by atoms with Crippen molar-refractivity contribution in [1.29, 1.82) is 0 Å². The summed E-state index contributed by atoms with van der Waals surface area (Å²) in [6, 6.07) is 3.38. The summed E-state index contributed by atoms with van der Waals surface area (Å²) in [5.74, 6) is -0.211. The highest BCUT2D eigenvalue weighted by Crippen LogP contribution is 2.39. The molecule has 19 heavy (non-hydrogen) atoms. The first-order valence-corrected chi connectivity index (χ1v) is 7.38. The van der Waals surface area contributed by atoms with E-state index >= 15 is 0 Å². The zero-order valence-corrected chi connectivity index (χ0v) is 12.0. The number of halogens is 2. The number of epoxide rings is 1. The van der Waals surface area contributed by atoms with E-state index in [-0.39, 0.29) is 11.4 Å². The number of rotatable bonds is 3. The summed E-state index contributed by atoms with van der Waals surface area (Å²) in [5.41, 5.74) is 1.87. The van der Waals surface area contributed by atoms with Gasteiger partial charge in [0.15, 0.2) is 0 Å². The van der Waals surface area contributed by atoms with E-state index in [0.29, 0.717) is 10.7 Å². The summed E-state index contributed by atoms with van der Waals surface area (Å²) < 4.78 is 19.6. The highest BCUT2D eigenvalue weighted by Gasteiger charge is 2.46. The zero-order chi connectivity index (χ0) is 13.5. The van der Waals surface area contributed by atoms with E-state index in [1.54, 1.807) is 0 Å². The molecule has 0 unspecified atom stereocenters. The van der Waals surface area contributed by atoms with Gasteiger partial charge in [0.1, 0.15) is 5.82 Å². The highest BCUT2D eigenvalue weighted by molar-refractivity contribution is 6.31. The molecule has 1 aromatic rings. The van der Waals surface area contributed by atoms with E-state index in [1.165, 1.54) is 6.07 Å². The number of anilines is 1. The number of nitrogens with zero attached hydrogens (tertiary/aromatic N) is 1. The minimum atomic E-state index is -0.211. The lowest BCUT2D eigenvalue weighted by Crippen LogP contribution is -2.38. The second-order valence-electron chi connectivity index (χ2n) is 5.60. The lowest BCUT2D eigenvalue weighted by atomic mass is 9.97. The first-order chi connectivity index (χ1) is 9.13. The summed E-state index contributed by atoms with van der Waals surface area (Å²) in [7, 11) is 0. The Labute approximate surface area is 118 Å². The fourth-order valence-corrected chi connectivity index (χ4v) is 3.07. The maximum absolute atomic E-state index is 14.1. The van der Waals surface area contributed by atoms with Crippen LogP contribution >= 0.6 is 11.6 Å². The van der Waals surface area contributed by atoms with Crippen molar-refractivity contribution in [2.24, 2.45) is 0 Å². The van der Waals surface area contributed by atoms with Crippen molar-refractivity contribution in [1.82, 2.24) is 0 Å². The number of benzene rings is 1. The van der Waals surface area contributed by atoms with E-state index in [4.69, 9.17) is 16.3 Å². The Morgan fingerprint density at radius 1 is 1.37 bits per heavy atom. The van der Waals surface area contributed by atoms with Gasteiger partial charge in [-0.05, 0) is 37.0 Å². The molecule has 1 aromatic carbocycles. The van der Waals surface area contributed by atoms with Crippen molar-refractivity contribution in [2.75, 3.05) is 24.6 Å². The first-order valence-electron chi connectivity index (χ1n) is 7.00. The smallest absolute Gasteiger partial charge is 0.147 e. The summed E-state index contributed by atoms with van der Waals surface area (Å²) in [6.07, 6.45) is 3.91. The van der Waals surface area contributed by atoms with Crippen LogP contribution in [0.25, 0.3) is 0 Å². The molecule has 1 spiro atoms. The molecule has 0 radical (unpaired) electrons. The van der Waals surface area contributed by atoms with Gasteiger partial charge in [-0.3, -0.25) is 0 Å². The molecule has 0 saturated carbocycles. The minimum absolute atomic E-state index is 0.131. The summed E-state index contributed by atoms with van der Waals surface area (Å²) >= 11 is 6.10. The highest BCUT2D eigenvalue weighted by atomic mass is 35.5. The third-order valence-electron chi connectivity index (χ3n) is 4.20. The largest absolute Gasteiger partial charge is 0.369 e. The summed E-state index contributed by atoms with van der Waals surface area (Å²) in [5, 5.41) is 0.544. The molecule has 2 nitrogen and oxygen atoms in total. The van der Waals surface area contributed by atoms with Gasteiger partial charge in [-0.2, -0.15) is 0 Å². The molecule has 0 N–H and O–H groups in total. The number of ether oxygens (including phenoxy) is 1. The molecular weight excluding hydrogens is 265 g/mol. The number of piperidine rings is 1. The van der Waals surface area contributed by atoms with Crippen LogP contribution in [0.15, 0.2) is 12.1 Å². The van der Waals surface area contributed by atoms with Crippen molar-refractivity contribution in [3.63, 3.8) is 0 Å². The number of hydrogen-bond acceptors (Lipinski definition) is 2. The van der Waals surface area contributed by atoms with Crippen molar-refractivity contribution in [3.05, 3.63) is 28.5 Å². The molecule has 2 heterocycles. The third-order valence-corrected chi connectivity index (χ3v) is 4.55. The molecule has 0 amide bonds. The Bertz CT molecular complexity index is 477. The molecule has 0 aromatic heterocycles. The Hall–Kier alpha value is -0.800. The van der Waals surface area contributed by atoms with Crippen LogP contribution < -0.4 is 4.90 Å².